The summed E-state index contributed by atoms with van der Waals surface area (Å²) in [7, 11) is 1.71. The van der Waals surface area contributed by atoms with Gasteiger partial charge in [-0.1, -0.05) is 5.21 Å². The first-order valence-corrected chi connectivity index (χ1v) is 4.85. The molecule has 18 heavy (non-hydrogen) atoms. The molecule has 9 heteroatoms. The topological polar surface area (TPSA) is 65.6 Å². The minimum Gasteiger partial charge on any atom is -0.282 e. The lowest BCUT2D eigenvalue weighted by Crippen LogP contribution is -2.23. The normalized spacial score (nSPS) is 11.8. The molecular formula is C9H8F3N5O. The van der Waals surface area contributed by atoms with Crippen LogP contribution in [0.25, 0.3) is 0 Å². The fraction of sp³-hybridized carbons (Fsp3) is 0.333. The molecule has 0 aliphatic carbocycles. The van der Waals surface area contributed by atoms with Gasteiger partial charge in [0.25, 0.3) is 5.78 Å². The van der Waals surface area contributed by atoms with Gasteiger partial charge in [0.15, 0.2) is 5.69 Å². The summed E-state index contributed by atoms with van der Waals surface area (Å²) in [6.07, 6.45) is -0.738. The third kappa shape index (κ3) is 2.55. The number of halogens is 3. The Morgan fingerprint density at radius 1 is 1.39 bits per heavy atom. The summed E-state index contributed by atoms with van der Waals surface area (Å²) in [4.78, 5) is 10.9. The number of Topliss-reactive ketones (excluding diaryl/α,β-unsaturated/α-hetero) is 1. The van der Waals surface area contributed by atoms with Crippen molar-refractivity contribution >= 4 is 5.78 Å². The molecule has 0 aromatic carbocycles. The Kier molecular flexibility index (Phi) is 2.89. The summed E-state index contributed by atoms with van der Waals surface area (Å²) in [5.74, 6) is -2.00. The van der Waals surface area contributed by atoms with E-state index in [2.05, 4.69) is 15.4 Å². The van der Waals surface area contributed by atoms with Crippen LogP contribution in [0.1, 0.15) is 16.1 Å². The van der Waals surface area contributed by atoms with E-state index in [1.54, 1.807) is 24.1 Å². The number of carbonyl (C=O) groups excluding carboxylic acids is 1. The second kappa shape index (κ2) is 4.24. The third-order valence-electron chi connectivity index (χ3n) is 2.13. The number of aromatic nitrogens is 5. The van der Waals surface area contributed by atoms with Gasteiger partial charge < -0.3 is 0 Å². The number of hydrogen-bond acceptors (Lipinski definition) is 4. The number of aryl methyl sites for hydroxylation is 1. The van der Waals surface area contributed by atoms with E-state index in [-0.39, 0.29) is 6.54 Å². The zero-order valence-electron chi connectivity index (χ0n) is 9.22. The maximum Gasteiger partial charge on any atom is 0.456 e. The van der Waals surface area contributed by atoms with Crippen LogP contribution in [0.15, 0.2) is 18.6 Å². The Morgan fingerprint density at radius 2 is 2.11 bits per heavy atom. The smallest absolute Gasteiger partial charge is 0.282 e. The molecule has 2 rings (SSSR count). The van der Waals surface area contributed by atoms with Crippen molar-refractivity contribution in [3.63, 3.8) is 0 Å². The summed E-state index contributed by atoms with van der Waals surface area (Å²) in [5.41, 5.74) is 0.0276. The molecule has 0 fully saturated rings. The van der Waals surface area contributed by atoms with Gasteiger partial charge in [-0.15, -0.1) is 5.10 Å². The highest BCUT2D eigenvalue weighted by Gasteiger charge is 2.41. The van der Waals surface area contributed by atoms with E-state index in [9.17, 15) is 18.0 Å². The van der Waals surface area contributed by atoms with E-state index in [0.717, 1.165) is 16.4 Å². The number of rotatable bonds is 3. The molecule has 0 aliphatic heterocycles. The first-order valence-electron chi connectivity index (χ1n) is 4.85. The van der Waals surface area contributed by atoms with Crippen LogP contribution in [0.2, 0.25) is 0 Å². The van der Waals surface area contributed by atoms with Gasteiger partial charge in [0.1, 0.15) is 0 Å². The molecule has 0 N–H and O–H groups in total. The Bertz CT molecular complexity index is 571. The number of carbonyl (C=O) groups is 1. The highest BCUT2D eigenvalue weighted by atomic mass is 19.4. The molecule has 96 valence electrons. The van der Waals surface area contributed by atoms with Gasteiger partial charge in [-0.25, -0.2) is 4.68 Å². The maximum absolute atomic E-state index is 12.1. The zero-order chi connectivity index (χ0) is 13.3. The molecule has 6 nitrogen and oxygen atoms in total. The zero-order valence-corrected chi connectivity index (χ0v) is 9.22. The van der Waals surface area contributed by atoms with Crippen LogP contribution in [0.5, 0.6) is 0 Å². The van der Waals surface area contributed by atoms with Crippen molar-refractivity contribution < 1.29 is 18.0 Å². The highest BCUT2D eigenvalue weighted by Crippen LogP contribution is 2.19. The van der Waals surface area contributed by atoms with Crippen molar-refractivity contribution in [2.45, 2.75) is 12.7 Å². The van der Waals surface area contributed by atoms with E-state index in [1.165, 1.54) is 0 Å². The van der Waals surface area contributed by atoms with E-state index in [4.69, 9.17) is 0 Å². The van der Waals surface area contributed by atoms with Crippen molar-refractivity contribution in [1.82, 2.24) is 24.8 Å². The molecular weight excluding hydrogens is 251 g/mol. The van der Waals surface area contributed by atoms with E-state index in [1.807, 2.05) is 0 Å². The van der Waals surface area contributed by atoms with Crippen LogP contribution in [0, 0.1) is 0 Å². The minimum absolute atomic E-state index is 0.200. The first-order chi connectivity index (χ1) is 8.36. The molecule has 0 atom stereocenters. The number of nitrogens with zero attached hydrogens (tertiary/aromatic N) is 5. The molecule has 0 bridgehead atoms. The molecule has 2 aromatic rings. The van der Waals surface area contributed by atoms with Gasteiger partial charge >= 0.3 is 6.18 Å². The quantitative estimate of drug-likeness (QED) is 0.765. The van der Waals surface area contributed by atoms with Crippen LogP contribution in [-0.2, 0) is 13.6 Å². The molecule has 0 saturated heterocycles. The summed E-state index contributed by atoms with van der Waals surface area (Å²) in [5, 5.41) is 10.6. The second-order valence-corrected chi connectivity index (χ2v) is 3.65. The number of alkyl halides is 3. The molecule has 2 heterocycles. The van der Waals surface area contributed by atoms with Crippen molar-refractivity contribution in [2.24, 2.45) is 7.05 Å². The SMILES string of the molecule is Cn1cc(Cn2cc(C(=O)C(F)(F)F)nn2)cn1. The van der Waals surface area contributed by atoms with Gasteiger partial charge in [-0.05, 0) is 0 Å². The molecule has 0 unspecified atom stereocenters. The monoisotopic (exact) mass is 259 g/mol. The fourth-order valence-corrected chi connectivity index (χ4v) is 1.37. The lowest BCUT2D eigenvalue weighted by molar-refractivity contribution is -0.0888. The highest BCUT2D eigenvalue weighted by molar-refractivity contribution is 5.98. The molecule has 0 saturated carbocycles. The van der Waals surface area contributed by atoms with Gasteiger partial charge in [0.05, 0.1) is 18.9 Å². The van der Waals surface area contributed by atoms with Crippen molar-refractivity contribution in [3.05, 3.63) is 29.8 Å². The molecule has 0 aliphatic rings. The fourth-order valence-electron chi connectivity index (χ4n) is 1.37. The van der Waals surface area contributed by atoms with E-state index >= 15 is 0 Å². The van der Waals surface area contributed by atoms with Gasteiger partial charge in [0.2, 0.25) is 0 Å². The maximum atomic E-state index is 12.1. The summed E-state index contributed by atoms with van der Waals surface area (Å²) < 4.78 is 39.1. The molecule has 2 aromatic heterocycles. The van der Waals surface area contributed by atoms with Gasteiger partial charge in [-0.3, -0.25) is 9.48 Å². The third-order valence-corrected chi connectivity index (χ3v) is 2.13. The van der Waals surface area contributed by atoms with Crippen LogP contribution < -0.4 is 0 Å². The van der Waals surface area contributed by atoms with Crippen molar-refractivity contribution in [2.75, 3.05) is 0 Å². The van der Waals surface area contributed by atoms with Crippen LogP contribution in [0.3, 0.4) is 0 Å². The standard InChI is InChI=1S/C9H8F3N5O/c1-16-3-6(2-13-16)4-17-5-7(14-15-17)8(18)9(10,11)12/h2-3,5H,4H2,1H3. The molecule has 0 spiro atoms. The molecule has 0 amide bonds. The van der Waals surface area contributed by atoms with Gasteiger partial charge in [0, 0.05) is 18.8 Å². The summed E-state index contributed by atoms with van der Waals surface area (Å²) in [6, 6.07) is 0. The lowest BCUT2D eigenvalue weighted by atomic mass is 10.3. The minimum atomic E-state index is -4.94. The van der Waals surface area contributed by atoms with Gasteiger partial charge in [-0.2, -0.15) is 18.3 Å². The largest absolute Gasteiger partial charge is 0.456 e. The van der Waals surface area contributed by atoms with Crippen molar-refractivity contribution in [1.29, 1.82) is 0 Å². The average Bonchev–Trinajstić information content (AvgIpc) is 2.86. The number of hydrogen-bond donors (Lipinski definition) is 0. The Labute approximate surface area is 99.0 Å². The number of ketones is 1. The van der Waals surface area contributed by atoms with E-state index < -0.39 is 17.7 Å². The predicted octanol–water partition coefficient (Wildman–Crippen LogP) is 0.805. The Hall–Kier alpha value is -2.19. The summed E-state index contributed by atoms with van der Waals surface area (Å²) >= 11 is 0. The predicted molar refractivity (Wildman–Crippen MR) is 52.7 cm³/mol. The summed E-state index contributed by atoms with van der Waals surface area (Å²) in [6.45, 7) is 0.200. The Balaban J connectivity index is 2.14. The Morgan fingerprint density at radius 3 is 2.67 bits per heavy atom. The second-order valence-electron chi connectivity index (χ2n) is 3.65. The van der Waals surface area contributed by atoms with Crippen LogP contribution in [0.4, 0.5) is 13.2 Å². The van der Waals surface area contributed by atoms with Crippen LogP contribution in [-0.4, -0.2) is 36.7 Å². The first kappa shape index (κ1) is 12.3. The van der Waals surface area contributed by atoms with Crippen LogP contribution >= 0.6 is 0 Å². The van der Waals surface area contributed by atoms with E-state index in [0.29, 0.717) is 0 Å². The average molecular weight is 259 g/mol. The van der Waals surface area contributed by atoms with Crippen molar-refractivity contribution in [3.8, 4) is 0 Å². The molecule has 0 radical (unpaired) electrons. The lowest BCUT2D eigenvalue weighted by Gasteiger charge is -2.00.